The van der Waals surface area contributed by atoms with Crippen LogP contribution in [0.15, 0.2) is 30.3 Å². The molecule has 0 unspecified atom stereocenters. The van der Waals surface area contributed by atoms with E-state index in [0.29, 0.717) is 13.2 Å². The molecule has 1 aromatic rings. The molecule has 3 heteroatoms. The van der Waals surface area contributed by atoms with Crippen LogP contribution in [-0.2, 0) is 16.2 Å². The number of quaternary nitrogens is 1. The summed E-state index contributed by atoms with van der Waals surface area (Å²) in [5, 5.41) is 0. The summed E-state index contributed by atoms with van der Waals surface area (Å²) < 4.78 is 0.891. The summed E-state index contributed by atoms with van der Waals surface area (Å²) in [4.78, 5) is 10.2. The van der Waals surface area contributed by atoms with Crippen molar-refractivity contribution in [1.29, 1.82) is 0 Å². The second-order valence-corrected chi connectivity index (χ2v) is 4.89. The van der Waals surface area contributed by atoms with Crippen molar-refractivity contribution in [3.05, 3.63) is 35.9 Å². The van der Waals surface area contributed by atoms with Gasteiger partial charge in [0.15, 0.2) is 0 Å². The van der Waals surface area contributed by atoms with E-state index in [4.69, 9.17) is 9.78 Å². The van der Waals surface area contributed by atoms with Crippen molar-refractivity contribution < 1.29 is 14.3 Å². The molecule has 90 valence electrons. The van der Waals surface area contributed by atoms with Gasteiger partial charge in [0, 0.05) is 0 Å². The molecule has 0 aromatic heterocycles. The fourth-order valence-electron chi connectivity index (χ4n) is 1.23. The highest BCUT2D eigenvalue weighted by atomic mass is 17.2. The van der Waals surface area contributed by atoms with Gasteiger partial charge < -0.3 is 4.48 Å². The van der Waals surface area contributed by atoms with E-state index in [0.717, 1.165) is 17.4 Å². The lowest BCUT2D eigenvalue weighted by Crippen LogP contribution is -2.37. The molecule has 0 aliphatic heterocycles. The Morgan fingerprint density at radius 1 is 0.938 bits per heavy atom. The van der Waals surface area contributed by atoms with Crippen LogP contribution in [0.3, 0.4) is 0 Å². The summed E-state index contributed by atoms with van der Waals surface area (Å²) in [5.41, 5.74) is 1.28. The van der Waals surface area contributed by atoms with Gasteiger partial charge in [-0.15, -0.1) is 0 Å². The number of rotatable bonds is 7. The smallest absolute Gasteiger partial charge is 0.131 e. The summed E-state index contributed by atoms with van der Waals surface area (Å²) >= 11 is 0. The highest BCUT2D eigenvalue weighted by molar-refractivity contribution is 5.14. The minimum Gasteiger partial charge on any atom is -0.329 e. The van der Waals surface area contributed by atoms with Gasteiger partial charge in [-0.1, -0.05) is 30.3 Å². The van der Waals surface area contributed by atoms with E-state index < -0.39 is 0 Å². The third-order valence-electron chi connectivity index (χ3n) is 2.25. The van der Waals surface area contributed by atoms with Crippen LogP contribution in [-0.4, -0.2) is 45.4 Å². The lowest BCUT2D eigenvalue weighted by atomic mass is 10.2. The van der Waals surface area contributed by atoms with Gasteiger partial charge in [-0.25, -0.2) is 9.78 Å². The highest BCUT2D eigenvalue weighted by Gasteiger charge is 2.05. The second kappa shape index (κ2) is 6.63. The zero-order chi connectivity index (χ0) is 11.9. The van der Waals surface area contributed by atoms with Crippen LogP contribution in [0.5, 0.6) is 0 Å². The Kier molecular flexibility index (Phi) is 5.46. The lowest BCUT2D eigenvalue weighted by molar-refractivity contribution is -0.871. The van der Waals surface area contributed by atoms with Crippen LogP contribution < -0.4 is 0 Å². The van der Waals surface area contributed by atoms with Crippen LogP contribution in [0, 0.1) is 0 Å². The van der Waals surface area contributed by atoms with Crippen LogP contribution in [0.25, 0.3) is 0 Å². The Labute approximate surface area is 98.1 Å². The van der Waals surface area contributed by atoms with Crippen LogP contribution in [0.2, 0.25) is 0 Å². The molecule has 0 N–H and O–H groups in total. The molecular formula is C13H22NO2+. The van der Waals surface area contributed by atoms with Crippen molar-refractivity contribution in [1.82, 2.24) is 0 Å². The summed E-state index contributed by atoms with van der Waals surface area (Å²) in [6.07, 6.45) is 0.894. The SMILES string of the molecule is C[N+](C)(C)CCOOCCc1ccccc1. The molecule has 3 nitrogen and oxygen atoms in total. The van der Waals surface area contributed by atoms with Gasteiger partial charge in [-0.2, -0.15) is 0 Å². The number of likely N-dealkylation sites (N-methyl/N-ethyl adjacent to an activating group) is 1. The average Bonchev–Trinajstić information content (AvgIpc) is 2.23. The molecule has 0 saturated carbocycles. The largest absolute Gasteiger partial charge is 0.329 e. The Balaban J connectivity index is 2.01. The normalized spacial score (nSPS) is 11.7. The molecule has 0 aliphatic rings. The number of hydrogen-bond donors (Lipinski definition) is 0. The summed E-state index contributed by atoms with van der Waals surface area (Å²) in [5.74, 6) is 0. The molecule has 16 heavy (non-hydrogen) atoms. The number of benzene rings is 1. The van der Waals surface area contributed by atoms with Crippen LogP contribution >= 0.6 is 0 Å². The summed E-state index contributed by atoms with van der Waals surface area (Å²) in [6.45, 7) is 2.20. The molecule has 0 spiro atoms. The fourth-order valence-corrected chi connectivity index (χ4v) is 1.23. The minimum absolute atomic E-state index is 0.612. The molecule has 0 heterocycles. The van der Waals surface area contributed by atoms with Crippen molar-refractivity contribution in [3.63, 3.8) is 0 Å². The fraction of sp³-hybridized carbons (Fsp3) is 0.538. The van der Waals surface area contributed by atoms with E-state index in [-0.39, 0.29) is 0 Å². The highest BCUT2D eigenvalue weighted by Crippen LogP contribution is 1.99. The van der Waals surface area contributed by atoms with E-state index in [9.17, 15) is 0 Å². The Bertz CT molecular complexity index is 280. The predicted octanol–water partition coefficient (Wildman–Crippen LogP) is 1.88. The topological polar surface area (TPSA) is 18.5 Å². The van der Waals surface area contributed by atoms with Gasteiger partial charge in [-0.05, 0) is 12.0 Å². The molecule has 1 rings (SSSR count). The summed E-state index contributed by atoms with van der Waals surface area (Å²) in [6, 6.07) is 10.3. The van der Waals surface area contributed by atoms with Crippen LogP contribution in [0.1, 0.15) is 5.56 Å². The second-order valence-electron chi connectivity index (χ2n) is 4.89. The van der Waals surface area contributed by atoms with Crippen molar-refractivity contribution >= 4 is 0 Å². The first-order chi connectivity index (χ1) is 7.58. The Morgan fingerprint density at radius 3 is 2.19 bits per heavy atom. The van der Waals surface area contributed by atoms with E-state index in [2.05, 4.69) is 33.3 Å². The Hall–Kier alpha value is -0.900. The van der Waals surface area contributed by atoms with Crippen molar-refractivity contribution in [3.8, 4) is 0 Å². The maximum atomic E-state index is 5.12. The van der Waals surface area contributed by atoms with Gasteiger partial charge in [0.1, 0.15) is 13.2 Å². The quantitative estimate of drug-likeness (QED) is 0.305. The number of hydrogen-bond acceptors (Lipinski definition) is 2. The zero-order valence-corrected chi connectivity index (χ0v) is 10.5. The molecule has 1 aromatic carbocycles. The molecule has 0 radical (unpaired) electrons. The van der Waals surface area contributed by atoms with Gasteiger partial charge in [-0.3, -0.25) is 0 Å². The monoisotopic (exact) mass is 224 g/mol. The molecule has 0 amide bonds. The van der Waals surface area contributed by atoms with Crippen molar-refractivity contribution in [2.45, 2.75) is 6.42 Å². The van der Waals surface area contributed by atoms with E-state index in [1.54, 1.807) is 0 Å². The number of nitrogens with zero attached hydrogens (tertiary/aromatic N) is 1. The molecule has 0 saturated heterocycles. The van der Waals surface area contributed by atoms with Gasteiger partial charge in [0.2, 0.25) is 0 Å². The molecular weight excluding hydrogens is 202 g/mol. The minimum atomic E-state index is 0.612. The first-order valence-corrected chi connectivity index (χ1v) is 5.67. The average molecular weight is 224 g/mol. The summed E-state index contributed by atoms with van der Waals surface area (Å²) in [7, 11) is 6.40. The maximum absolute atomic E-state index is 5.12. The molecule has 0 bridgehead atoms. The van der Waals surface area contributed by atoms with E-state index in [1.807, 2.05) is 18.2 Å². The lowest BCUT2D eigenvalue weighted by Gasteiger charge is -2.23. The first kappa shape index (κ1) is 13.2. The van der Waals surface area contributed by atoms with E-state index >= 15 is 0 Å². The van der Waals surface area contributed by atoms with Gasteiger partial charge >= 0.3 is 0 Å². The van der Waals surface area contributed by atoms with Crippen molar-refractivity contribution in [2.24, 2.45) is 0 Å². The predicted molar refractivity (Wildman–Crippen MR) is 64.9 cm³/mol. The Morgan fingerprint density at radius 2 is 1.56 bits per heavy atom. The standard InChI is InChI=1S/C13H22NO2/c1-14(2,3)10-12-16-15-11-9-13-7-5-4-6-8-13/h4-8H,9-12H2,1-3H3/q+1. The van der Waals surface area contributed by atoms with Gasteiger partial charge in [0.05, 0.1) is 27.7 Å². The molecule has 0 atom stereocenters. The van der Waals surface area contributed by atoms with Gasteiger partial charge in [0.25, 0.3) is 0 Å². The molecule has 0 fully saturated rings. The van der Waals surface area contributed by atoms with Crippen LogP contribution in [0.4, 0.5) is 0 Å². The van der Waals surface area contributed by atoms with E-state index in [1.165, 1.54) is 5.56 Å². The zero-order valence-electron chi connectivity index (χ0n) is 10.5. The van der Waals surface area contributed by atoms with Crippen molar-refractivity contribution in [2.75, 3.05) is 40.9 Å². The third kappa shape index (κ3) is 6.56. The first-order valence-electron chi connectivity index (χ1n) is 5.67. The maximum Gasteiger partial charge on any atom is 0.131 e. The molecule has 0 aliphatic carbocycles. The third-order valence-corrected chi connectivity index (χ3v) is 2.25.